The molecule has 0 bridgehead atoms. The second-order valence-corrected chi connectivity index (χ2v) is 3.67. The molecule has 0 unspecified atom stereocenters. The summed E-state index contributed by atoms with van der Waals surface area (Å²) in [5, 5.41) is 9.46. The lowest BCUT2D eigenvalue weighted by atomic mass is 10.1. The van der Waals surface area contributed by atoms with Crippen molar-refractivity contribution in [2.75, 3.05) is 0 Å². The number of hydrogen-bond acceptors (Lipinski definition) is 1. The smallest absolute Gasteiger partial charge is 0.0769 e. The Morgan fingerprint density at radius 2 is 2.18 bits per heavy atom. The van der Waals surface area contributed by atoms with Gasteiger partial charge < -0.3 is 9.67 Å². The van der Waals surface area contributed by atoms with Gasteiger partial charge in [0.15, 0.2) is 0 Å². The highest BCUT2D eigenvalue weighted by molar-refractivity contribution is 5.07. The van der Waals surface area contributed by atoms with Gasteiger partial charge in [0.1, 0.15) is 0 Å². The lowest BCUT2D eigenvalue weighted by Gasteiger charge is -2.17. The molecule has 0 amide bonds. The van der Waals surface area contributed by atoms with Gasteiger partial charge in [0, 0.05) is 12.4 Å². The SMILES string of the molecule is Cc1ccn(CC(C)(C)O)c1. The van der Waals surface area contributed by atoms with E-state index in [4.69, 9.17) is 0 Å². The van der Waals surface area contributed by atoms with Crippen LogP contribution in [0, 0.1) is 6.92 Å². The van der Waals surface area contributed by atoms with Crippen molar-refractivity contribution < 1.29 is 5.11 Å². The van der Waals surface area contributed by atoms with Crippen LogP contribution in [0.1, 0.15) is 19.4 Å². The second kappa shape index (κ2) is 2.70. The Kier molecular flexibility index (Phi) is 2.05. The zero-order valence-corrected chi connectivity index (χ0v) is 7.33. The van der Waals surface area contributed by atoms with Crippen LogP contribution in [0.3, 0.4) is 0 Å². The van der Waals surface area contributed by atoms with Gasteiger partial charge >= 0.3 is 0 Å². The molecule has 0 saturated carbocycles. The van der Waals surface area contributed by atoms with Crippen molar-refractivity contribution in [3.05, 3.63) is 24.0 Å². The molecule has 0 atom stereocenters. The van der Waals surface area contributed by atoms with Crippen LogP contribution in [0.2, 0.25) is 0 Å². The average Bonchev–Trinajstić information content (AvgIpc) is 2.10. The first-order valence-electron chi connectivity index (χ1n) is 3.82. The predicted octanol–water partition coefficient (Wildman–Crippen LogP) is 1.57. The van der Waals surface area contributed by atoms with E-state index in [1.807, 2.05) is 43.8 Å². The minimum absolute atomic E-state index is 0.620. The van der Waals surface area contributed by atoms with Crippen molar-refractivity contribution >= 4 is 0 Å². The molecule has 0 radical (unpaired) electrons. The summed E-state index contributed by atoms with van der Waals surface area (Å²) in [6, 6.07) is 2.03. The zero-order chi connectivity index (χ0) is 8.48. The molecule has 1 aromatic heterocycles. The van der Waals surface area contributed by atoms with Gasteiger partial charge in [0.25, 0.3) is 0 Å². The van der Waals surface area contributed by atoms with E-state index in [-0.39, 0.29) is 0 Å². The molecule has 2 heteroatoms. The van der Waals surface area contributed by atoms with Gasteiger partial charge in [-0.15, -0.1) is 0 Å². The zero-order valence-electron chi connectivity index (χ0n) is 7.33. The van der Waals surface area contributed by atoms with Crippen molar-refractivity contribution in [2.45, 2.75) is 32.9 Å². The van der Waals surface area contributed by atoms with Crippen LogP contribution in [0.15, 0.2) is 18.5 Å². The number of rotatable bonds is 2. The van der Waals surface area contributed by atoms with Gasteiger partial charge in [0.2, 0.25) is 0 Å². The molecular weight excluding hydrogens is 138 g/mol. The van der Waals surface area contributed by atoms with Crippen LogP contribution < -0.4 is 0 Å². The van der Waals surface area contributed by atoms with Gasteiger partial charge in [-0.05, 0) is 32.4 Å². The van der Waals surface area contributed by atoms with Gasteiger partial charge in [0.05, 0.1) is 12.1 Å². The fourth-order valence-corrected chi connectivity index (χ4v) is 1.11. The maximum absolute atomic E-state index is 9.46. The Balaban J connectivity index is 2.65. The molecule has 0 spiro atoms. The van der Waals surface area contributed by atoms with E-state index in [0.29, 0.717) is 6.54 Å². The highest BCUT2D eigenvalue weighted by Crippen LogP contribution is 2.07. The first-order chi connectivity index (χ1) is 4.97. The van der Waals surface area contributed by atoms with Crippen LogP contribution >= 0.6 is 0 Å². The van der Waals surface area contributed by atoms with E-state index in [9.17, 15) is 5.11 Å². The van der Waals surface area contributed by atoms with E-state index in [2.05, 4.69) is 0 Å². The van der Waals surface area contributed by atoms with Crippen LogP contribution in [0.4, 0.5) is 0 Å². The van der Waals surface area contributed by atoms with Gasteiger partial charge in [-0.3, -0.25) is 0 Å². The Bertz CT molecular complexity index is 232. The van der Waals surface area contributed by atoms with Crippen LogP contribution in [0.5, 0.6) is 0 Å². The summed E-state index contributed by atoms with van der Waals surface area (Å²) in [5.41, 5.74) is 0.611. The standard InChI is InChI=1S/C9H15NO/c1-8-4-5-10(6-8)7-9(2,3)11/h4-6,11H,7H2,1-3H3. The monoisotopic (exact) mass is 153 g/mol. The first kappa shape index (κ1) is 8.34. The normalized spacial score (nSPS) is 12.0. The summed E-state index contributed by atoms with van der Waals surface area (Å²) in [4.78, 5) is 0. The molecule has 0 aliphatic rings. The maximum Gasteiger partial charge on any atom is 0.0769 e. The molecule has 1 aromatic rings. The first-order valence-corrected chi connectivity index (χ1v) is 3.82. The summed E-state index contributed by atoms with van der Waals surface area (Å²) in [6.07, 6.45) is 4.01. The van der Waals surface area contributed by atoms with Crippen LogP contribution in [-0.4, -0.2) is 15.3 Å². The van der Waals surface area contributed by atoms with Crippen molar-refractivity contribution in [3.8, 4) is 0 Å². The summed E-state index contributed by atoms with van der Waals surface area (Å²) < 4.78 is 2.00. The summed E-state index contributed by atoms with van der Waals surface area (Å²) in [7, 11) is 0. The number of aromatic nitrogens is 1. The van der Waals surface area contributed by atoms with E-state index in [0.717, 1.165) is 0 Å². The average molecular weight is 153 g/mol. The Morgan fingerprint density at radius 1 is 1.55 bits per heavy atom. The van der Waals surface area contributed by atoms with E-state index in [1.54, 1.807) is 0 Å². The molecule has 62 valence electrons. The predicted molar refractivity (Wildman–Crippen MR) is 45.5 cm³/mol. The number of aliphatic hydroxyl groups is 1. The number of nitrogens with zero attached hydrogens (tertiary/aromatic N) is 1. The third-order valence-corrected chi connectivity index (χ3v) is 1.47. The quantitative estimate of drug-likeness (QED) is 0.685. The highest BCUT2D eigenvalue weighted by atomic mass is 16.3. The highest BCUT2D eigenvalue weighted by Gasteiger charge is 2.12. The fraction of sp³-hybridized carbons (Fsp3) is 0.556. The summed E-state index contributed by atoms with van der Waals surface area (Å²) in [6.45, 7) is 6.31. The van der Waals surface area contributed by atoms with Crippen molar-refractivity contribution in [2.24, 2.45) is 0 Å². The summed E-state index contributed by atoms with van der Waals surface area (Å²) >= 11 is 0. The molecule has 1 N–H and O–H groups in total. The molecule has 0 aliphatic carbocycles. The van der Waals surface area contributed by atoms with Gasteiger partial charge in [-0.2, -0.15) is 0 Å². The maximum atomic E-state index is 9.46. The summed E-state index contributed by atoms with van der Waals surface area (Å²) in [5.74, 6) is 0. The molecule has 0 aliphatic heterocycles. The minimum Gasteiger partial charge on any atom is -0.389 e. The molecule has 0 fully saturated rings. The molecule has 1 rings (SSSR count). The van der Waals surface area contributed by atoms with E-state index >= 15 is 0 Å². The molecule has 0 saturated heterocycles. The van der Waals surface area contributed by atoms with Gasteiger partial charge in [-0.1, -0.05) is 0 Å². The molecule has 0 aromatic carbocycles. The topological polar surface area (TPSA) is 25.2 Å². The van der Waals surface area contributed by atoms with Crippen LogP contribution in [0.25, 0.3) is 0 Å². The molecule has 1 heterocycles. The Morgan fingerprint density at radius 3 is 2.55 bits per heavy atom. The molecule has 11 heavy (non-hydrogen) atoms. The molecular formula is C9H15NO. The largest absolute Gasteiger partial charge is 0.389 e. The fourth-order valence-electron chi connectivity index (χ4n) is 1.11. The Hall–Kier alpha value is -0.760. The third kappa shape index (κ3) is 2.76. The second-order valence-electron chi connectivity index (χ2n) is 3.67. The van der Waals surface area contributed by atoms with Crippen LogP contribution in [-0.2, 0) is 6.54 Å². The van der Waals surface area contributed by atoms with Gasteiger partial charge in [-0.25, -0.2) is 0 Å². The lowest BCUT2D eigenvalue weighted by molar-refractivity contribution is 0.0616. The number of hydrogen-bond donors (Lipinski definition) is 1. The van der Waals surface area contributed by atoms with Crippen molar-refractivity contribution in [1.29, 1.82) is 0 Å². The number of aryl methyl sites for hydroxylation is 1. The van der Waals surface area contributed by atoms with E-state index in [1.165, 1.54) is 5.56 Å². The lowest BCUT2D eigenvalue weighted by Crippen LogP contribution is -2.25. The Labute approximate surface area is 67.5 Å². The minimum atomic E-state index is -0.620. The third-order valence-electron chi connectivity index (χ3n) is 1.47. The molecule has 2 nitrogen and oxygen atoms in total. The van der Waals surface area contributed by atoms with Crippen molar-refractivity contribution in [3.63, 3.8) is 0 Å². The van der Waals surface area contributed by atoms with Crippen molar-refractivity contribution in [1.82, 2.24) is 4.57 Å². The van der Waals surface area contributed by atoms with E-state index < -0.39 is 5.60 Å².